The van der Waals surface area contributed by atoms with Crippen LogP contribution in [0.1, 0.15) is 12.8 Å². The van der Waals surface area contributed by atoms with E-state index < -0.39 is 0 Å². The average Bonchev–Trinajstić information content (AvgIpc) is 2.65. The maximum absolute atomic E-state index is 11.2. The van der Waals surface area contributed by atoms with Crippen LogP contribution in [0, 0.1) is 0 Å². The molecule has 13 heavy (non-hydrogen) atoms. The molecule has 0 unspecified atom stereocenters. The van der Waals surface area contributed by atoms with Gasteiger partial charge in [0.2, 0.25) is 0 Å². The van der Waals surface area contributed by atoms with Gasteiger partial charge in [0.25, 0.3) is 0 Å². The molecule has 1 heterocycles. The molecule has 1 aliphatic rings. The summed E-state index contributed by atoms with van der Waals surface area (Å²) < 4.78 is 4.78. The Morgan fingerprint density at radius 3 is 2.77 bits per heavy atom. The first-order valence-corrected chi connectivity index (χ1v) is 4.52. The molecule has 0 saturated carbocycles. The molecule has 0 atom stereocenters. The molecule has 0 bridgehead atoms. The number of carbonyl (C=O) groups excluding carboxylic acids is 1. The number of hydrogen-bond acceptors (Lipinski definition) is 4. The summed E-state index contributed by atoms with van der Waals surface area (Å²) in [7, 11) is 1.60. The summed E-state index contributed by atoms with van der Waals surface area (Å²) in [4.78, 5) is 17.7. The van der Waals surface area contributed by atoms with E-state index in [2.05, 4.69) is 5.48 Å². The van der Waals surface area contributed by atoms with Crippen molar-refractivity contribution < 1.29 is 14.4 Å². The molecular weight excluding hydrogens is 172 g/mol. The van der Waals surface area contributed by atoms with E-state index in [1.54, 1.807) is 12.0 Å². The minimum Gasteiger partial charge on any atom is -0.383 e. The van der Waals surface area contributed by atoms with Crippen LogP contribution in [0.4, 0.5) is 4.79 Å². The molecule has 1 aliphatic heterocycles. The second kappa shape index (κ2) is 5.77. The van der Waals surface area contributed by atoms with E-state index in [0.717, 1.165) is 25.9 Å². The number of nitrogens with zero attached hydrogens (tertiary/aromatic N) is 1. The standard InChI is InChI=1S/C8H16N2O3/c1-12-7-4-9-13-8(11)10-5-2-3-6-10/h9H,2-7H2,1H3. The van der Waals surface area contributed by atoms with Crippen LogP contribution in [-0.4, -0.2) is 44.3 Å². The fourth-order valence-corrected chi connectivity index (χ4v) is 1.22. The first-order valence-electron chi connectivity index (χ1n) is 4.52. The Bertz CT molecular complexity index is 157. The van der Waals surface area contributed by atoms with Gasteiger partial charge in [0.15, 0.2) is 0 Å². The number of methoxy groups -OCH3 is 1. The predicted octanol–water partition coefficient (Wildman–Crippen LogP) is 0.370. The van der Waals surface area contributed by atoms with Gasteiger partial charge in [0.1, 0.15) is 0 Å². The summed E-state index contributed by atoms with van der Waals surface area (Å²) in [5.74, 6) is 0. The van der Waals surface area contributed by atoms with Gasteiger partial charge in [-0.15, -0.1) is 5.48 Å². The molecule has 1 amide bonds. The lowest BCUT2D eigenvalue weighted by molar-refractivity contribution is 0.0496. The molecule has 0 aromatic rings. The number of hydroxylamine groups is 1. The Balaban J connectivity index is 2.03. The van der Waals surface area contributed by atoms with Gasteiger partial charge < -0.3 is 14.5 Å². The Kier molecular flexibility index (Phi) is 4.56. The quantitative estimate of drug-likeness (QED) is 0.511. The average molecular weight is 188 g/mol. The molecular formula is C8H16N2O3. The zero-order chi connectivity index (χ0) is 9.52. The van der Waals surface area contributed by atoms with Gasteiger partial charge in [-0.3, -0.25) is 0 Å². The van der Waals surface area contributed by atoms with Gasteiger partial charge in [0, 0.05) is 20.2 Å². The highest BCUT2D eigenvalue weighted by molar-refractivity contribution is 5.67. The van der Waals surface area contributed by atoms with Crippen LogP contribution in [0.3, 0.4) is 0 Å². The van der Waals surface area contributed by atoms with Crippen molar-refractivity contribution in [3.63, 3.8) is 0 Å². The summed E-state index contributed by atoms with van der Waals surface area (Å²) in [6.45, 7) is 2.68. The van der Waals surface area contributed by atoms with Crippen LogP contribution in [0.15, 0.2) is 0 Å². The second-order valence-electron chi connectivity index (χ2n) is 2.95. The number of rotatable bonds is 4. The van der Waals surface area contributed by atoms with E-state index in [9.17, 15) is 4.79 Å². The summed E-state index contributed by atoms with van der Waals surface area (Å²) in [5, 5.41) is 0. The third-order valence-electron chi connectivity index (χ3n) is 1.93. The fourth-order valence-electron chi connectivity index (χ4n) is 1.22. The minimum absolute atomic E-state index is 0.284. The zero-order valence-corrected chi connectivity index (χ0v) is 7.91. The topological polar surface area (TPSA) is 50.8 Å². The lowest BCUT2D eigenvalue weighted by Crippen LogP contribution is -2.34. The lowest BCUT2D eigenvalue weighted by atomic mass is 10.4. The highest BCUT2D eigenvalue weighted by Gasteiger charge is 2.18. The number of likely N-dealkylation sites (tertiary alicyclic amines) is 1. The maximum atomic E-state index is 11.2. The van der Waals surface area contributed by atoms with Crippen LogP contribution in [0.2, 0.25) is 0 Å². The van der Waals surface area contributed by atoms with E-state index in [4.69, 9.17) is 9.57 Å². The van der Waals surface area contributed by atoms with Gasteiger partial charge in [-0.05, 0) is 12.8 Å². The highest BCUT2D eigenvalue weighted by atomic mass is 16.7. The van der Waals surface area contributed by atoms with Gasteiger partial charge >= 0.3 is 6.09 Å². The Morgan fingerprint density at radius 1 is 1.46 bits per heavy atom. The highest BCUT2D eigenvalue weighted by Crippen LogP contribution is 2.07. The van der Waals surface area contributed by atoms with Crippen LogP contribution in [0.5, 0.6) is 0 Å². The van der Waals surface area contributed by atoms with Crippen LogP contribution >= 0.6 is 0 Å². The first-order chi connectivity index (χ1) is 6.34. The van der Waals surface area contributed by atoms with Gasteiger partial charge in [-0.2, -0.15) is 0 Å². The summed E-state index contributed by atoms with van der Waals surface area (Å²) >= 11 is 0. The monoisotopic (exact) mass is 188 g/mol. The summed E-state index contributed by atoms with van der Waals surface area (Å²) in [6, 6.07) is 0. The van der Waals surface area contributed by atoms with E-state index in [-0.39, 0.29) is 6.09 Å². The molecule has 76 valence electrons. The van der Waals surface area contributed by atoms with Crippen LogP contribution in [-0.2, 0) is 9.57 Å². The van der Waals surface area contributed by atoms with E-state index in [0.29, 0.717) is 13.2 Å². The third kappa shape index (κ3) is 3.61. The fraction of sp³-hybridized carbons (Fsp3) is 0.875. The SMILES string of the molecule is COCCNOC(=O)N1CCCC1. The molecule has 1 N–H and O–H groups in total. The molecule has 1 fully saturated rings. The molecule has 0 aliphatic carbocycles. The van der Waals surface area contributed by atoms with Crippen molar-refractivity contribution in [1.29, 1.82) is 0 Å². The Morgan fingerprint density at radius 2 is 2.15 bits per heavy atom. The molecule has 0 radical (unpaired) electrons. The predicted molar refractivity (Wildman–Crippen MR) is 47.2 cm³/mol. The molecule has 0 spiro atoms. The number of hydrogen-bond donors (Lipinski definition) is 1. The van der Waals surface area contributed by atoms with Crippen molar-refractivity contribution in [2.75, 3.05) is 33.4 Å². The van der Waals surface area contributed by atoms with Crippen molar-refractivity contribution >= 4 is 6.09 Å². The van der Waals surface area contributed by atoms with Crippen molar-refractivity contribution in [1.82, 2.24) is 10.4 Å². The van der Waals surface area contributed by atoms with Crippen molar-refractivity contribution in [3.05, 3.63) is 0 Å². The zero-order valence-electron chi connectivity index (χ0n) is 7.91. The minimum atomic E-state index is -0.284. The lowest BCUT2D eigenvalue weighted by Gasteiger charge is -2.14. The summed E-state index contributed by atoms with van der Waals surface area (Å²) in [6.07, 6.45) is 1.87. The molecule has 1 saturated heterocycles. The van der Waals surface area contributed by atoms with Gasteiger partial charge in [0.05, 0.1) is 13.2 Å². The van der Waals surface area contributed by atoms with Gasteiger partial charge in [-0.1, -0.05) is 0 Å². The van der Waals surface area contributed by atoms with Crippen molar-refractivity contribution in [2.45, 2.75) is 12.8 Å². The number of nitrogens with one attached hydrogen (secondary N) is 1. The Labute approximate surface area is 77.9 Å². The Hall–Kier alpha value is -0.810. The molecule has 0 aromatic carbocycles. The number of ether oxygens (including phenoxy) is 1. The molecule has 5 heteroatoms. The van der Waals surface area contributed by atoms with E-state index >= 15 is 0 Å². The third-order valence-corrected chi connectivity index (χ3v) is 1.93. The maximum Gasteiger partial charge on any atom is 0.428 e. The normalized spacial score (nSPS) is 16.2. The molecule has 5 nitrogen and oxygen atoms in total. The smallest absolute Gasteiger partial charge is 0.383 e. The van der Waals surface area contributed by atoms with Crippen molar-refractivity contribution in [3.8, 4) is 0 Å². The second-order valence-corrected chi connectivity index (χ2v) is 2.95. The number of amides is 1. The van der Waals surface area contributed by atoms with Gasteiger partial charge in [-0.25, -0.2) is 4.79 Å². The first kappa shape index (κ1) is 10.3. The van der Waals surface area contributed by atoms with Crippen LogP contribution in [0.25, 0.3) is 0 Å². The molecule has 1 rings (SSSR count). The number of carbonyl (C=O) groups is 1. The summed E-state index contributed by atoms with van der Waals surface area (Å²) in [5.41, 5.74) is 2.55. The molecule has 0 aromatic heterocycles. The van der Waals surface area contributed by atoms with E-state index in [1.165, 1.54) is 0 Å². The van der Waals surface area contributed by atoms with E-state index in [1.807, 2.05) is 0 Å². The van der Waals surface area contributed by atoms with Crippen LogP contribution < -0.4 is 5.48 Å². The largest absolute Gasteiger partial charge is 0.428 e. The van der Waals surface area contributed by atoms with Crippen molar-refractivity contribution in [2.24, 2.45) is 0 Å².